The molecule has 5 nitrogen and oxygen atoms in total. The smallest absolute Gasteiger partial charge is 0.329 e. The van der Waals surface area contributed by atoms with E-state index in [0.717, 1.165) is 25.7 Å². The van der Waals surface area contributed by atoms with Crippen LogP contribution in [0, 0.1) is 0 Å². The summed E-state index contributed by atoms with van der Waals surface area (Å²) in [5.74, 6) is 0. The van der Waals surface area contributed by atoms with E-state index in [1.54, 1.807) is 0 Å². The van der Waals surface area contributed by atoms with Crippen LogP contribution in [0.4, 0.5) is 0 Å². The fraction of sp³-hybridized carbons (Fsp3) is 1.00. The molecule has 0 radical (unpaired) electrons. The van der Waals surface area contributed by atoms with Gasteiger partial charge in [0.1, 0.15) is 13.2 Å². The predicted octanol–water partition coefficient (Wildman–Crippen LogP) is 4.36. The van der Waals surface area contributed by atoms with Gasteiger partial charge in [0.05, 0.1) is 27.2 Å². The molecular formula is C16H37NO4P+. The van der Waals surface area contributed by atoms with Crippen LogP contribution in [0.3, 0.4) is 0 Å². The topological polar surface area (TPSA) is 55.8 Å². The van der Waals surface area contributed by atoms with Crippen LogP contribution in [0.25, 0.3) is 0 Å². The summed E-state index contributed by atoms with van der Waals surface area (Å²) >= 11 is 0. The van der Waals surface area contributed by atoms with Gasteiger partial charge in [0.25, 0.3) is 0 Å². The Morgan fingerprint density at radius 3 is 2.18 bits per heavy atom. The number of phosphoric ester groups is 1. The van der Waals surface area contributed by atoms with Crippen molar-refractivity contribution in [2.75, 3.05) is 34.3 Å². The zero-order chi connectivity index (χ0) is 17.1. The summed E-state index contributed by atoms with van der Waals surface area (Å²) in [7, 11) is 2.11. The Hall–Kier alpha value is 0.0700. The molecule has 0 spiro atoms. The first-order chi connectivity index (χ1) is 10.2. The molecule has 2 unspecified atom stereocenters. The van der Waals surface area contributed by atoms with Gasteiger partial charge in [0.15, 0.2) is 0 Å². The van der Waals surface area contributed by atoms with Gasteiger partial charge in [-0.1, -0.05) is 52.4 Å². The number of likely N-dealkylation sites (N-methyl/N-ethyl adjacent to an activating group) is 1. The lowest BCUT2D eigenvalue weighted by atomic mass is 10.1. The van der Waals surface area contributed by atoms with E-state index >= 15 is 0 Å². The Labute approximate surface area is 137 Å². The molecule has 0 saturated carbocycles. The molecule has 2 atom stereocenters. The third kappa shape index (κ3) is 13.7. The molecule has 0 bridgehead atoms. The number of quaternary nitrogens is 1. The van der Waals surface area contributed by atoms with Gasteiger partial charge >= 0.3 is 7.82 Å². The van der Waals surface area contributed by atoms with E-state index in [1.165, 1.54) is 25.7 Å². The minimum atomic E-state index is -3.93. The summed E-state index contributed by atoms with van der Waals surface area (Å²) in [5.41, 5.74) is 0. The Morgan fingerprint density at radius 2 is 1.64 bits per heavy atom. The number of phosphoric acid groups is 1. The third-order valence-electron chi connectivity index (χ3n) is 3.63. The van der Waals surface area contributed by atoms with Crippen molar-refractivity contribution in [2.24, 2.45) is 0 Å². The van der Waals surface area contributed by atoms with E-state index in [9.17, 15) is 9.46 Å². The molecule has 6 heteroatoms. The van der Waals surface area contributed by atoms with Crippen molar-refractivity contribution in [3.63, 3.8) is 0 Å². The maximum atomic E-state index is 11.9. The van der Waals surface area contributed by atoms with Crippen molar-refractivity contribution in [1.82, 2.24) is 0 Å². The van der Waals surface area contributed by atoms with Crippen LogP contribution in [0.1, 0.15) is 65.2 Å². The van der Waals surface area contributed by atoms with Gasteiger partial charge in [0, 0.05) is 0 Å². The van der Waals surface area contributed by atoms with Crippen molar-refractivity contribution >= 4 is 7.82 Å². The van der Waals surface area contributed by atoms with E-state index < -0.39 is 7.82 Å². The number of hydrogen-bond acceptors (Lipinski definition) is 3. The fourth-order valence-electron chi connectivity index (χ4n) is 2.13. The van der Waals surface area contributed by atoms with E-state index in [2.05, 4.69) is 6.92 Å². The average Bonchev–Trinajstić information content (AvgIpc) is 2.39. The van der Waals surface area contributed by atoms with Crippen LogP contribution in [0.5, 0.6) is 0 Å². The summed E-state index contributed by atoms with van der Waals surface area (Å²) in [6.45, 7) is 5.08. The minimum Gasteiger partial charge on any atom is -0.329 e. The average molecular weight is 338 g/mol. The van der Waals surface area contributed by atoms with Gasteiger partial charge in [-0.2, -0.15) is 0 Å². The quantitative estimate of drug-likeness (QED) is 0.290. The second-order valence-corrected chi connectivity index (χ2v) is 8.41. The van der Waals surface area contributed by atoms with Crippen LogP contribution < -0.4 is 0 Å². The lowest BCUT2D eigenvalue weighted by Crippen LogP contribution is -2.37. The van der Waals surface area contributed by atoms with Crippen LogP contribution in [0.15, 0.2) is 0 Å². The summed E-state index contributed by atoms with van der Waals surface area (Å²) in [6.07, 6.45) is 8.63. The normalized spacial score (nSPS) is 16.5. The first-order valence-corrected chi connectivity index (χ1v) is 10.2. The summed E-state index contributed by atoms with van der Waals surface area (Å²) in [4.78, 5) is 9.79. The second kappa shape index (κ2) is 11.6. The van der Waals surface area contributed by atoms with E-state index in [0.29, 0.717) is 11.0 Å². The van der Waals surface area contributed by atoms with E-state index in [1.807, 2.05) is 28.1 Å². The van der Waals surface area contributed by atoms with Crippen molar-refractivity contribution in [3.8, 4) is 0 Å². The Morgan fingerprint density at radius 1 is 1.05 bits per heavy atom. The molecule has 0 fully saturated rings. The molecule has 0 rings (SSSR count). The highest BCUT2D eigenvalue weighted by atomic mass is 31.2. The molecule has 134 valence electrons. The SMILES string of the molecule is CCCCCCCCC(CC)OP(=O)(O)OCC[N+](C)(C)C. The largest absolute Gasteiger partial charge is 0.472 e. The van der Waals surface area contributed by atoms with Crippen LogP contribution >= 0.6 is 7.82 Å². The number of hydrogen-bond donors (Lipinski definition) is 1. The highest BCUT2D eigenvalue weighted by Crippen LogP contribution is 2.45. The summed E-state index contributed by atoms with van der Waals surface area (Å²) in [5, 5.41) is 0. The minimum absolute atomic E-state index is 0.189. The summed E-state index contributed by atoms with van der Waals surface area (Å²) < 4.78 is 23.0. The molecule has 0 aromatic carbocycles. The molecule has 0 heterocycles. The molecule has 1 N–H and O–H groups in total. The molecule has 0 saturated heterocycles. The lowest BCUT2D eigenvalue weighted by Gasteiger charge is -2.25. The first kappa shape index (κ1) is 22.1. The highest BCUT2D eigenvalue weighted by molar-refractivity contribution is 7.47. The molecule has 0 aromatic heterocycles. The maximum absolute atomic E-state index is 11.9. The number of unbranched alkanes of at least 4 members (excludes halogenated alkanes) is 5. The van der Waals surface area contributed by atoms with Gasteiger partial charge in [-0.05, 0) is 12.8 Å². The molecule has 0 aromatic rings. The fourth-order valence-corrected chi connectivity index (χ4v) is 3.14. The Bertz CT molecular complexity index is 318. The number of rotatable bonds is 14. The van der Waals surface area contributed by atoms with Gasteiger partial charge < -0.3 is 9.38 Å². The lowest BCUT2D eigenvalue weighted by molar-refractivity contribution is -0.870. The molecule has 0 amide bonds. The van der Waals surface area contributed by atoms with Crippen molar-refractivity contribution < 1.29 is 23.0 Å². The standard InChI is InChI=1S/C16H36NO4P/c1-6-8-9-10-11-12-13-16(7-2)21-22(18,19)20-15-14-17(3,4)5/h16H,6-15H2,1-5H3/p+1. The zero-order valence-corrected chi connectivity index (χ0v) is 16.1. The van der Waals surface area contributed by atoms with Crippen molar-refractivity contribution in [3.05, 3.63) is 0 Å². The maximum Gasteiger partial charge on any atom is 0.472 e. The van der Waals surface area contributed by atoms with Crippen LogP contribution in [0.2, 0.25) is 0 Å². The van der Waals surface area contributed by atoms with Crippen LogP contribution in [-0.4, -0.2) is 49.8 Å². The van der Waals surface area contributed by atoms with E-state index in [4.69, 9.17) is 9.05 Å². The molecule has 0 aliphatic carbocycles. The third-order valence-corrected chi connectivity index (χ3v) is 4.71. The van der Waals surface area contributed by atoms with Crippen LogP contribution in [-0.2, 0) is 13.6 Å². The second-order valence-electron chi connectivity index (χ2n) is 7.01. The van der Waals surface area contributed by atoms with Gasteiger partial charge in [0.2, 0.25) is 0 Å². The zero-order valence-electron chi connectivity index (χ0n) is 15.2. The van der Waals surface area contributed by atoms with Gasteiger partial charge in [-0.15, -0.1) is 0 Å². The molecular weight excluding hydrogens is 301 g/mol. The highest BCUT2D eigenvalue weighted by Gasteiger charge is 2.26. The molecule has 0 aliphatic rings. The van der Waals surface area contributed by atoms with Crippen molar-refractivity contribution in [2.45, 2.75) is 71.3 Å². The summed E-state index contributed by atoms with van der Waals surface area (Å²) in [6, 6.07) is 0. The molecule has 0 aliphatic heterocycles. The van der Waals surface area contributed by atoms with Gasteiger partial charge in [-0.25, -0.2) is 4.57 Å². The predicted molar refractivity (Wildman–Crippen MR) is 91.8 cm³/mol. The van der Waals surface area contributed by atoms with E-state index in [-0.39, 0.29) is 12.7 Å². The van der Waals surface area contributed by atoms with Gasteiger partial charge in [-0.3, -0.25) is 9.05 Å². The monoisotopic (exact) mass is 338 g/mol. The molecule has 22 heavy (non-hydrogen) atoms. The first-order valence-electron chi connectivity index (χ1n) is 8.66. The Kier molecular flexibility index (Phi) is 11.6. The number of nitrogens with zero attached hydrogens (tertiary/aromatic N) is 1. The van der Waals surface area contributed by atoms with Crippen molar-refractivity contribution in [1.29, 1.82) is 0 Å². The Balaban J connectivity index is 3.95.